The van der Waals surface area contributed by atoms with Gasteiger partial charge in [0, 0.05) is 55.1 Å². The first-order valence-corrected chi connectivity index (χ1v) is 13.7. The van der Waals surface area contributed by atoms with Crippen LogP contribution in [0.5, 0.6) is 0 Å². The zero-order valence-corrected chi connectivity index (χ0v) is 21.8. The molecule has 202 valence electrons. The maximum atomic E-state index is 13.6. The van der Waals surface area contributed by atoms with Gasteiger partial charge in [-0.15, -0.1) is 0 Å². The van der Waals surface area contributed by atoms with Crippen LogP contribution in [0.15, 0.2) is 77.8 Å². The van der Waals surface area contributed by atoms with E-state index in [0.29, 0.717) is 47.4 Å². The van der Waals surface area contributed by atoms with Crippen LogP contribution in [-0.4, -0.2) is 54.8 Å². The van der Waals surface area contributed by atoms with Crippen LogP contribution >= 0.6 is 0 Å². The van der Waals surface area contributed by atoms with Gasteiger partial charge < -0.3 is 4.90 Å². The van der Waals surface area contributed by atoms with Crippen LogP contribution in [0.4, 0.5) is 18.9 Å². The van der Waals surface area contributed by atoms with Crippen molar-refractivity contribution in [2.75, 3.05) is 24.4 Å². The minimum atomic E-state index is -3.92. The van der Waals surface area contributed by atoms with Gasteiger partial charge in [0.2, 0.25) is 0 Å². The Morgan fingerprint density at radius 1 is 1.00 bits per heavy atom. The highest BCUT2D eigenvalue weighted by Crippen LogP contribution is 2.24. The molecule has 2 heterocycles. The minimum absolute atomic E-state index is 0.0542. The number of sulfonamides is 1. The number of para-hydroxylation sites is 1. The maximum Gasteiger partial charge on any atom is 0.264 e. The first-order valence-electron chi connectivity index (χ1n) is 12.3. The summed E-state index contributed by atoms with van der Waals surface area (Å²) in [4.78, 5) is 21.1. The van der Waals surface area contributed by atoms with E-state index >= 15 is 0 Å². The molecule has 39 heavy (non-hydrogen) atoms. The van der Waals surface area contributed by atoms with Crippen molar-refractivity contribution in [3.05, 3.63) is 102 Å². The molecule has 0 aliphatic carbocycles. The topological polar surface area (TPSA) is 82.6 Å². The summed E-state index contributed by atoms with van der Waals surface area (Å²) >= 11 is 0. The molecule has 1 fully saturated rings. The first-order chi connectivity index (χ1) is 18.6. The van der Waals surface area contributed by atoms with Gasteiger partial charge in [0.15, 0.2) is 17.5 Å². The number of halogens is 3. The lowest BCUT2D eigenvalue weighted by Gasteiger charge is -2.40. The van der Waals surface area contributed by atoms with Crippen molar-refractivity contribution in [2.45, 2.75) is 24.4 Å². The van der Waals surface area contributed by atoms with E-state index < -0.39 is 27.5 Å². The summed E-state index contributed by atoms with van der Waals surface area (Å²) in [5.74, 6) is -4.17. The van der Waals surface area contributed by atoms with Crippen molar-refractivity contribution >= 4 is 32.5 Å². The molecule has 1 amide bonds. The van der Waals surface area contributed by atoms with Gasteiger partial charge in [0.1, 0.15) is 4.90 Å². The van der Waals surface area contributed by atoms with E-state index in [1.807, 2.05) is 11.8 Å². The number of nitrogens with one attached hydrogen (secondary N) is 1. The summed E-state index contributed by atoms with van der Waals surface area (Å²) < 4.78 is 69.0. The molecule has 1 atom stereocenters. The molecule has 0 radical (unpaired) electrons. The van der Waals surface area contributed by atoms with Gasteiger partial charge in [-0.2, -0.15) is 0 Å². The molecule has 11 heteroatoms. The molecule has 0 bridgehead atoms. The van der Waals surface area contributed by atoms with E-state index in [4.69, 9.17) is 0 Å². The number of aromatic nitrogens is 1. The third kappa shape index (κ3) is 5.59. The molecule has 7 nitrogen and oxygen atoms in total. The minimum Gasteiger partial charge on any atom is -0.333 e. The molecule has 0 spiro atoms. The van der Waals surface area contributed by atoms with E-state index in [-0.39, 0.29) is 23.4 Å². The number of fused-ring (bicyclic) bond motifs is 1. The first kappa shape index (κ1) is 26.6. The predicted molar refractivity (Wildman–Crippen MR) is 141 cm³/mol. The average molecular weight is 555 g/mol. The standard InChI is InChI=1S/C28H25F3N4O3S/c1-18-16-34(17-19-14-23(29)26(31)24(30)15-19)12-13-35(18)28(36)21-7-9-22(10-8-21)33-39(37,38)25-6-2-4-20-5-3-11-32-27(20)25/h2-11,14-15,18,33H,12-13,16-17H2,1H3/t18-/m0/s1. The van der Waals surface area contributed by atoms with Crippen LogP contribution in [0, 0.1) is 17.5 Å². The fraction of sp³-hybridized carbons (Fsp3) is 0.214. The Morgan fingerprint density at radius 3 is 2.38 bits per heavy atom. The number of carbonyl (C=O) groups excluding carboxylic acids is 1. The number of rotatable bonds is 6. The Hall–Kier alpha value is -3.96. The van der Waals surface area contributed by atoms with Crippen LogP contribution in [0.25, 0.3) is 10.9 Å². The quantitative estimate of drug-likeness (QED) is 0.347. The molecule has 0 saturated carbocycles. The number of hydrogen-bond donors (Lipinski definition) is 1. The van der Waals surface area contributed by atoms with Crippen LogP contribution in [-0.2, 0) is 16.6 Å². The number of piperazine rings is 1. The van der Waals surface area contributed by atoms with E-state index in [9.17, 15) is 26.4 Å². The van der Waals surface area contributed by atoms with Crippen LogP contribution < -0.4 is 4.72 Å². The molecule has 1 aliphatic heterocycles. The van der Waals surface area contributed by atoms with Gasteiger partial charge in [-0.05, 0) is 61.0 Å². The van der Waals surface area contributed by atoms with Gasteiger partial charge in [0.25, 0.3) is 15.9 Å². The fourth-order valence-corrected chi connectivity index (χ4v) is 6.02. The van der Waals surface area contributed by atoms with Crippen molar-refractivity contribution < 1.29 is 26.4 Å². The molecule has 1 aromatic heterocycles. The third-order valence-electron chi connectivity index (χ3n) is 6.69. The van der Waals surface area contributed by atoms with Crippen molar-refractivity contribution in [3.63, 3.8) is 0 Å². The van der Waals surface area contributed by atoms with Gasteiger partial charge in [0.05, 0.1) is 5.52 Å². The van der Waals surface area contributed by atoms with Gasteiger partial charge in [-0.3, -0.25) is 19.4 Å². The molecule has 1 saturated heterocycles. The second kappa shape index (κ2) is 10.7. The van der Waals surface area contributed by atoms with Crippen molar-refractivity contribution in [1.82, 2.24) is 14.8 Å². The van der Waals surface area contributed by atoms with E-state index in [0.717, 1.165) is 12.1 Å². The zero-order valence-electron chi connectivity index (χ0n) is 20.9. The van der Waals surface area contributed by atoms with Gasteiger partial charge >= 0.3 is 0 Å². The largest absolute Gasteiger partial charge is 0.333 e. The lowest BCUT2D eigenvalue weighted by molar-refractivity contribution is 0.0475. The third-order valence-corrected chi connectivity index (χ3v) is 8.10. The molecular formula is C28H25F3N4O3S. The molecule has 4 aromatic rings. The fourth-order valence-electron chi connectivity index (χ4n) is 4.79. The number of hydrogen-bond acceptors (Lipinski definition) is 5. The Balaban J connectivity index is 1.24. The maximum absolute atomic E-state index is 13.6. The summed E-state index contributed by atoms with van der Waals surface area (Å²) in [6.07, 6.45) is 1.53. The number of nitrogens with zero attached hydrogens (tertiary/aromatic N) is 3. The lowest BCUT2D eigenvalue weighted by Crippen LogP contribution is -2.53. The summed E-state index contributed by atoms with van der Waals surface area (Å²) in [6.45, 7) is 3.41. The van der Waals surface area contributed by atoms with Crippen molar-refractivity contribution in [1.29, 1.82) is 0 Å². The summed E-state index contributed by atoms with van der Waals surface area (Å²) in [7, 11) is -3.92. The van der Waals surface area contributed by atoms with Crippen LogP contribution in [0.3, 0.4) is 0 Å². The Bertz CT molecular complexity index is 1620. The van der Waals surface area contributed by atoms with E-state index in [1.54, 1.807) is 41.3 Å². The summed E-state index contributed by atoms with van der Waals surface area (Å²) in [5, 5.41) is 0.701. The Kier molecular flexibility index (Phi) is 7.28. The number of anilines is 1. The average Bonchev–Trinajstić information content (AvgIpc) is 2.91. The Morgan fingerprint density at radius 2 is 1.69 bits per heavy atom. The number of pyridine rings is 1. The number of carbonyl (C=O) groups is 1. The smallest absolute Gasteiger partial charge is 0.264 e. The molecule has 5 rings (SSSR count). The number of benzene rings is 3. The molecule has 1 aliphatic rings. The Labute approximate surface area is 223 Å². The highest BCUT2D eigenvalue weighted by molar-refractivity contribution is 7.93. The summed E-state index contributed by atoms with van der Waals surface area (Å²) in [5.41, 5.74) is 1.38. The lowest BCUT2D eigenvalue weighted by atomic mass is 10.1. The highest BCUT2D eigenvalue weighted by atomic mass is 32.2. The number of amides is 1. The summed E-state index contributed by atoms with van der Waals surface area (Å²) in [6, 6.07) is 16.4. The molecule has 0 unspecified atom stereocenters. The second-order valence-electron chi connectivity index (χ2n) is 9.47. The van der Waals surface area contributed by atoms with Crippen LogP contribution in [0.1, 0.15) is 22.8 Å². The zero-order chi connectivity index (χ0) is 27.7. The van der Waals surface area contributed by atoms with Crippen molar-refractivity contribution in [3.8, 4) is 0 Å². The van der Waals surface area contributed by atoms with Gasteiger partial charge in [-0.25, -0.2) is 21.6 Å². The SMILES string of the molecule is C[C@H]1CN(Cc2cc(F)c(F)c(F)c2)CCN1C(=O)c1ccc(NS(=O)(=O)c2cccc3cccnc23)cc1. The monoisotopic (exact) mass is 554 g/mol. The van der Waals surface area contributed by atoms with Gasteiger partial charge in [-0.1, -0.05) is 18.2 Å². The molecular weight excluding hydrogens is 529 g/mol. The highest BCUT2D eigenvalue weighted by Gasteiger charge is 2.28. The normalized spacial score (nSPS) is 16.4. The van der Waals surface area contributed by atoms with E-state index in [2.05, 4.69) is 9.71 Å². The predicted octanol–water partition coefficient (Wildman–Crippen LogP) is 4.80. The second-order valence-corrected chi connectivity index (χ2v) is 11.1. The molecule has 1 N–H and O–H groups in total. The molecule has 3 aromatic carbocycles. The van der Waals surface area contributed by atoms with Crippen LogP contribution in [0.2, 0.25) is 0 Å². The van der Waals surface area contributed by atoms with E-state index in [1.165, 1.54) is 24.4 Å². The van der Waals surface area contributed by atoms with Crippen molar-refractivity contribution in [2.24, 2.45) is 0 Å².